The van der Waals surface area contributed by atoms with Crippen molar-refractivity contribution in [2.24, 2.45) is 0 Å². The Hall–Kier alpha value is -2.68. The first-order valence-electron chi connectivity index (χ1n) is 8.63. The van der Waals surface area contributed by atoms with Gasteiger partial charge < -0.3 is 15.5 Å². The van der Waals surface area contributed by atoms with E-state index in [1.165, 1.54) is 0 Å². The first kappa shape index (κ1) is 19.1. The van der Waals surface area contributed by atoms with Crippen LogP contribution in [0.15, 0.2) is 30.3 Å². The third-order valence-electron chi connectivity index (χ3n) is 4.29. The number of hydrogen-bond donors (Lipinski definition) is 2. The molecule has 2 heterocycles. The van der Waals surface area contributed by atoms with E-state index in [1.807, 2.05) is 43.3 Å². The summed E-state index contributed by atoms with van der Waals surface area (Å²) in [5, 5.41) is 5.84. The number of aromatic nitrogens is 2. The highest BCUT2D eigenvalue weighted by Gasteiger charge is 2.29. The largest absolute Gasteiger partial charge is 0.378 e. The molecule has 1 aliphatic heterocycles. The fourth-order valence-electron chi connectivity index (χ4n) is 2.88. The smallest absolute Gasteiger partial charge is 0.270 e. The Morgan fingerprint density at radius 1 is 1.19 bits per heavy atom. The molecule has 0 bridgehead atoms. The molecule has 1 fully saturated rings. The molecule has 3 rings (SSSR count). The van der Waals surface area contributed by atoms with E-state index in [0.29, 0.717) is 18.1 Å². The van der Waals surface area contributed by atoms with Crippen LogP contribution in [0.25, 0.3) is 0 Å². The normalized spacial score (nSPS) is 18.1. The van der Waals surface area contributed by atoms with E-state index in [4.69, 9.17) is 0 Å². The number of rotatable bonds is 5. The lowest BCUT2D eigenvalue weighted by molar-refractivity contribution is 0.0936. The van der Waals surface area contributed by atoms with Gasteiger partial charge in [0.1, 0.15) is 5.69 Å². The molecule has 1 unspecified atom stereocenters. The zero-order valence-electron chi connectivity index (χ0n) is 15.6. The predicted molar refractivity (Wildman–Crippen MR) is 105 cm³/mol. The number of benzene rings is 1. The summed E-state index contributed by atoms with van der Waals surface area (Å²) in [5.41, 5.74) is 2.72. The number of hydrogen-bond acceptors (Lipinski definition) is 7. The lowest BCUT2D eigenvalue weighted by Crippen LogP contribution is -2.36. The number of aryl methyl sites for hydroxylation is 1. The summed E-state index contributed by atoms with van der Waals surface area (Å²) in [6.45, 7) is 1.78. The maximum Gasteiger partial charge on any atom is 0.270 e. The standard InChI is InChI=1S/C18H23N5O3S/c1-12-10-16(17(24)20-14-8-9-27(25,26)11-14)22-18(19-12)21-13-4-6-15(7-5-13)23(2)3/h4-7,10,14H,8-9,11H2,1-3H3,(H,20,24)(H,19,21,22). The van der Waals surface area contributed by atoms with Crippen molar-refractivity contribution in [1.82, 2.24) is 15.3 Å². The summed E-state index contributed by atoms with van der Waals surface area (Å²) >= 11 is 0. The fourth-order valence-corrected chi connectivity index (χ4v) is 4.55. The van der Waals surface area contributed by atoms with Gasteiger partial charge in [-0.3, -0.25) is 4.79 Å². The number of carbonyl (C=O) groups excluding carboxylic acids is 1. The van der Waals surface area contributed by atoms with Gasteiger partial charge in [-0.15, -0.1) is 0 Å². The molecule has 1 aromatic carbocycles. The lowest BCUT2D eigenvalue weighted by Gasteiger charge is -2.14. The molecule has 0 spiro atoms. The zero-order valence-corrected chi connectivity index (χ0v) is 16.4. The molecule has 144 valence electrons. The molecular formula is C18H23N5O3S. The highest BCUT2D eigenvalue weighted by molar-refractivity contribution is 7.91. The fraction of sp³-hybridized carbons (Fsp3) is 0.389. The second-order valence-electron chi connectivity index (χ2n) is 6.86. The summed E-state index contributed by atoms with van der Waals surface area (Å²) in [4.78, 5) is 23.0. The van der Waals surface area contributed by atoms with Crippen molar-refractivity contribution >= 4 is 33.1 Å². The van der Waals surface area contributed by atoms with Crippen LogP contribution < -0.4 is 15.5 Å². The molecule has 1 aliphatic rings. The van der Waals surface area contributed by atoms with Gasteiger partial charge in [-0.2, -0.15) is 0 Å². The number of nitrogens with one attached hydrogen (secondary N) is 2. The molecule has 1 aromatic heterocycles. The number of carbonyl (C=O) groups is 1. The Morgan fingerprint density at radius 3 is 2.48 bits per heavy atom. The van der Waals surface area contributed by atoms with Crippen molar-refractivity contribution in [2.45, 2.75) is 19.4 Å². The van der Waals surface area contributed by atoms with E-state index >= 15 is 0 Å². The Morgan fingerprint density at radius 2 is 1.89 bits per heavy atom. The molecule has 0 radical (unpaired) electrons. The molecule has 1 amide bonds. The van der Waals surface area contributed by atoms with Gasteiger partial charge in [-0.1, -0.05) is 0 Å². The van der Waals surface area contributed by atoms with Crippen LogP contribution in [0.3, 0.4) is 0 Å². The van der Waals surface area contributed by atoms with E-state index in [9.17, 15) is 13.2 Å². The summed E-state index contributed by atoms with van der Waals surface area (Å²) < 4.78 is 23.1. The third-order valence-corrected chi connectivity index (χ3v) is 6.06. The van der Waals surface area contributed by atoms with E-state index in [1.54, 1.807) is 13.0 Å². The molecule has 2 aromatic rings. The molecule has 8 nitrogen and oxygen atoms in total. The van der Waals surface area contributed by atoms with Gasteiger partial charge in [0, 0.05) is 37.2 Å². The van der Waals surface area contributed by atoms with E-state index in [2.05, 4.69) is 20.6 Å². The number of sulfone groups is 1. The van der Waals surface area contributed by atoms with Gasteiger partial charge in [0.25, 0.3) is 5.91 Å². The molecular weight excluding hydrogens is 366 g/mol. The number of anilines is 3. The Bertz CT molecular complexity index is 942. The van der Waals surface area contributed by atoms with Gasteiger partial charge in [0.15, 0.2) is 9.84 Å². The van der Waals surface area contributed by atoms with E-state index in [-0.39, 0.29) is 23.2 Å². The van der Waals surface area contributed by atoms with Crippen molar-refractivity contribution in [3.05, 3.63) is 41.7 Å². The van der Waals surface area contributed by atoms with E-state index < -0.39 is 15.7 Å². The molecule has 0 saturated carbocycles. The summed E-state index contributed by atoms with van der Waals surface area (Å²) in [6.07, 6.45) is 0.432. The van der Waals surface area contributed by atoms with Gasteiger partial charge in [-0.05, 0) is 43.7 Å². The first-order valence-corrected chi connectivity index (χ1v) is 10.5. The van der Waals surface area contributed by atoms with Crippen LogP contribution in [0.4, 0.5) is 17.3 Å². The van der Waals surface area contributed by atoms with Crippen LogP contribution >= 0.6 is 0 Å². The summed E-state index contributed by atoms with van der Waals surface area (Å²) in [7, 11) is 0.876. The molecule has 2 N–H and O–H groups in total. The Labute approximate surface area is 158 Å². The van der Waals surface area contributed by atoms with E-state index in [0.717, 1.165) is 11.4 Å². The minimum atomic E-state index is -3.05. The van der Waals surface area contributed by atoms with Gasteiger partial charge >= 0.3 is 0 Å². The maximum atomic E-state index is 12.5. The maximum absolute atomic E-state index is 12.5. The number of nitrogens with zero attached hydrogens (tertiary/aromatic N) is 3. The highest BCUT2D eigenvalue weighted by Crippen LogP contribution is 2.19. The first-order chi connectivity index (χ1) is 12.7. The van der Waals surface area contributed by atoms with Gasteiger partial charge in [0.2, 0.25) is 5.95 Å². The lowest BCUT2D eigenvalue weighted by atomic mass is 10.2. The minimum absolute atomic E-state index is 0.0217. The topological polar surface area (TPSA) is 104 Å². The predicted octanol–water partition coefficient (Wildman–Crippen LogP) is 1.51. The average molecular weight is 389 g/mol. The van der Waals surface area contributed by atoms with Crippen LogP contribution in [0.1, 0.15) is 22.6 Å². The molecule has 1 atom stereocenters. The average Bonchev–Trinajstić information content (AvgIpc) is 2.93. The molecule has 9 heteroatoms. The second-order valence-corrected chi connectivity index (χ2v) is 9.09. The molecule has 27 heavy (non-hydrogen) atoms. The van der Waals surface area contributed by atoms with Crippen LogP contribution in [-0.2, 0) is 9.84 Å². The summed E-state index contributed by atoms with van der Waals surface area (Å²) in [5.74, 6) is 0.00762. The quantitative estimate of drug-likeness (QED) is 0.799. The Kier molecular flexibility index (Phi) is 5.31. The van der Waals surface area contributed by atoms with Crippen LogP contribution in [-0.4, -0.2) is 55.9 Å². The van der Waals surface area contributed by atoms with Gasteiger partial charge in [0.05, 0.1) is 11.5 Å². The van der Waals surface area contributed by atoms with Crippen molar-refractivity contribution in [3.63, 3.8) is 0 Å². The SMILES string of the molecule is Cc1cc(C(=O)NC2CCS(=O)(=O)C2)nc(Nc2ccc(N(C)C)cc2)n1. The third kappa shape index (κ3) is 4.94. The molecule has 1 saturated heterocycles. The molecule has 0 aliphatic carbocycles. The Balaban J connectivity index is 1.73. The summed E-state index contributed by atoms with van der Waals surface area (Å²) in [6, 6.07) is 8.96. The highest BCUT2D eigenvalue weighted by atomic mass is 32.2. The van der Waals surface area contributed by atoms with Gasteiger partial charge in [-0.25, -0.2) is 18.4 Å². The van der Waals surface area contributed by atoms with Crippen LogP contribution in [0, 0.1) is 6.92 Å². The van der Waals surface area contributed by atoms with Crippen LogP contribution in [0.5, 0.6) is 0 Å². The van der Waals surface area contributed by atoms with Crippen molar-refractivity contribution in [2.75, 3.05) is 35.8 Å². The number of amides is 1. The van der Waals surface area contributed by atoms with Crippen molar-refractivity contribution in [3.8, 4) is 0 Å². The van der Waals surface area contributed by atoms with Crippen LogP contribution in [0.2, 0.25) is 0 Å². The monoisotopic (exact) mass is 389 g/mol. The second kappa shape index (κ2) is 7.51. The minimum Gasteiger partial charge on any atom is -0.378 e. The van der Waals surface area contributed by atoms with Crippen molar-refractivity contribution in [1.29, 1.82) is 0 Å². The zero-order chi connectivity index (χ0) is 19.6. The van der Waals surface area contributed by atoms with Crippen molar-refractivity contribution < 1.29 is 13.2 Å².